The van der Waals surface area contributed by atoms with Crippen LogP contribution < -0.4 is 5.32 Å². The number of likely N-dealkylation sites (N-methyl/N-ethyl adjacent to an activating group) is 1. The lowest BCUT2D eigenvalue weighted by Gasteiger charge is -2.17. The Morgan fingerprint density at radius 1 is 1.37 bits per heavy atom. The fraction of sp³-hybridized carbons (Fsp3) is 0.667. The van der Waals surface area contributed by atoms with E-state index in [2.05, 4.69) is 49.1 Å². The van der Waals surface area contributed by atoms with Crippen molar-refractivity contribution in [1.29, 1.82) is 0 Å². The zero-order chi connectivity index (χ0) is 14.1. The van der Waals surface area contributed by atoms with Gasteiger partial charge in [-0.25, -0.2) is 4.98 Å². The number of hydrogen-bond donors (Lipinski definition) is 1. The van der Waals surface area contributed by atoms with Crippen LogP contribution in [0.5, 0.6) is 0 Å². The maximum atomic E-state index is 5.55. The fourth-order valence-corrected chi connectivity index (χ4v) is 1.71. The lowest BCUT2D eigenvalue weighted by Crippen LogP contribution is -2.24. The van der Waals surface area contributed by atoms with Crippen LogP contribution in [-0.4, -0.2) is 42.7 Å². The Labute approximate surface area is 117 Å². The maximum absolute atomic E-state index is 5.55. The van der Waals surface area contributed by atoms with E-state index >= 15 is 0 Å². The molecule has 0 saturated heterocycles. The van der Waals surface area contributed by atoms with Gasteiger partial charge in [0, 0.05) is 25.8 Å². The molecule has 0 amide bonds. The van der Waals surface area contributed by atoms with Crippen LogP contribution in [0.2, 0.25) is 0 Å². The van der Waals surface area contributed by atoms with E-state index in [4.69, 9.17) is 4.74 Å². The maximum Gasteiger partial charge on any atom is 0.125 e. The molecule has 108 valence electrons. The molecule has 1 N–H and O–H groups in total. The van der Waals surface area contributed by atoms with Gasteiger partial charge in [-0.05, 0) is 38.9 Å². The minimum atomic E-state index is 0.305. The number of anilines is 1. The summed E-state index contributed by atoms with van der Waals surface area (Å²) in [7, 11) is 2.10. The largest absolute Gasteiger partial charge is 0.377 e. The fourth-order valence-electron chi connectivity index (χ4n) is 1.71. The van der Waals surface area contributed by atoms with Crippen LogP contribution in [0.3, 0.4) is 0 Å². The molecule has 0 atom stereocenters. The molecule has 0 bridgehead atoms. The second kappa shape index (κ2) is 8.88. The van der Waals surface area contributed by atoms with Crippen LogP contribution in [0.25, 0.3) is 0 Å². The van der Waals surface area contributed by atoms with Crippen molar-refractivity contribution < 1.29 is 4.74 Å². The highest BCUT2D eigenvalue weighted by molar-refractivity contribution is 5.35. The summed E-state index contributed by atoms with van der Waals surface area (Å²) in [6, 6.07) is 4.17. The minimum absolute atomic E-state index is 0.305. The van der Waals surface area contributed by atoms with Crippen molar-refractivity contribution in [3.63, 3.8) is 0 Å². The van der Waals surface area contributed by atoms with Crippen molar-refractivity contribution in [3.05, 3.63) is 23.9 Å². The molecule has 0 aliphatic heterocycles. The molecule has 0 saturated carbocycles. The van der Waals surface area contributed by atoms with E-state index < -0.39 is 0 Å². The summed E-state index contributed by atoms with van der Waals surface area (Å²) in [5.74, 6) is 0.955. The highest BCUT2D eigenvalue weighted by Crippen LogP contribution is 2.07. The van der Waals surface area contributed by atoms with Gasteiger partial charge in [0.05, 0.1) is 12.7 Å². The van der Waals surface area contributed by atoms with Crippen LogP contribution in [0.1, 0.15) is 32.8 Å². The third-order valence-corrected chi connectivity index (χ3v) is 2.76. The summed E-state index contributed by atoms with van der Waals surface area (Å²) < 4.78 is 5.55. The van der Waals surface area contributed by atoms with Crippen molar-refractivity contribution in [3.8, 4) is 0 Å². The van der Waals surface area contributed by atoms with Gasteiger partial charge >= 0.3 is 0 Å². The number of nitrogens with one attached hydrogen (secondary N) is 1. The topological polar surface area (TPSA) is 37.4 Å². The molecule has 0 unspecified atom stereocenters. The standard InChI is InChI=1S/C15H27N3O/c1-5-8-16-15-7-6-14(11-17-15)12-18(4)9-10-19-13(2)3/h6-7,11,13H,5,8-10,12H2,1-4H3,(H,16,17). The Bertz CT molecular complexity index is 338. The SMILES string of the molecule is CCCNc1ccc(CN(C)CCOC(C)C)cn1. The molecule has 0 aliphatic rings. The minimum Gasteiger partial charge on any atom is -0.377 e. The molecule has 19 heavy (non-hydrogen) atoms. The molecule has 0 aliphatic carbocycles. The third-order valence-electron chi connectivity index (χ3n) is 2.76. The van der Waals surface area contributed by atoms with Gasteiger partial charge in [0.25, 0.3) is 0 Å². The molecular weight excluding hydrogens is 238 g/mol. The summed E-state index contributed by atoms with van der Waals surface area (Å²) in [5.41, 5.74) is 1.23. The number of rotatable bonds is 9. The van der Waals surface area contributed by atoms with Gasteiger partial charge in [-0.1, -0.05) is 13.0 Å². The number of hydrogen-bond acceptors (Lipinski definition) is 4. The molecule has 4 heteroatoms. The van der Waals surface area contributed by atoms with E-state index in [1.165, 1.54) is 5.56 Å². The van der Waals surface area contributed by atoms with Crippen molar-refractivity contribution in [2.75, 3.05) is 32.1 Å². The van der Waals surface area contributed by atoms with Crippen molar-refractivity contribution in [2.45, 2.75) is 39.8 Å². The third kappa shape index (κ3) is 7.13. The lowest BCUT2D eigenvalue weighted by molar-refractivity contribution is 0.0627. The number of nitrogens with zero attached hydrogens (tertiary/aromatic N) is 2. The van der Waals surface area contributed by atoms with Crippen molar-refractivity contribution in [1.82, 2.24) is 9.88 Å². The molecule has 1 heterocycles. The summed E-state index contributed by atoms with van der Waals surface area (Å²) in [5, 5.41) is 3.28. The van der Waals surface area contributed by atoms with Crippen LogP contribution in [-0.2, 0) is 11.3 Å². The Hall–Kier alpha value is -1.13. The van der Waals surface area contributed by atoms with E-state index in [1.54, 1.807) is 0 Å². The van der Waals surface area contributed by atoms with Crippen LogP contribution in [0.15, 0.2) is 18.3 Å². The van der Waals surface area contributed by atoms with Gasteiger partial charge in [0.2, 0.25) is 0 Å². The Morgan fingerprint density at radius 2 is 2.16 bits per heavy atom. The molecule has 0 spiro atoms. The summed E-state index contributed by atoms with van der Waals surface area (Å²) >= 11 is 0. The van der Waals surface area contributed by atoms with Crippen molar-refractivity contribution in [2.24, 2.45) is 0 Å². The Balaban J connectivity index is 2.31. The normalized spacial score (nSPS) is 11.3. The van der Waals surface area contributed by atoms with Crippen molar-refractivity contribution >= 4 is 5.82 Å². The van der Waals surface area contributed by atoms with Gasteiger partial charge < -0.3 is 10.1 Å². The average Bonchev–Trinajstić information content (AvgIpc) is 2.37. The monoisotopic (exact) mass is 265 g/mol. The molecule has 0 aromatic carbocycles. The van der Waals surface area contributed by atoms with Gasteiger partial charge in [-0.3, -0.25) is 4.90 Å². The predicted molar refractivity (Wildman–Crippen MR) is 80.4 cm³/mol. The average molecular weight is 265 g/mol. The zero-order valence-electron chi connectivity index (χ0n) is 12.6. The number of aromatic nitrogens is 1. The zero-order valence-corrected chi connectivity index (χ0v) is 12.6. The summed E-state index contributed by atoms with van der Waals surface area (Å²) in [6.45, 7) is 9.86. The first-order valence-corrected chi connectivity index (χ1v) is 7.10. The molecular formula is C15H27N3O. The predicted octanol–water partition coefficient (Wildman–Crippen LogP) is 2.76. The molecule has 0 radical (unpaired) electrons. The lowest BCUT2D eigenvalue weighted by atomic mass is 10.2. The molecule has 1 aromatic rings. The quantitative estimate of drug-likeness (QED) is 0.745. The highest BCUT2D eigenvalue weighted by Gasteiger charge is 2.02. The second-order valence-corrected chi connectivity index (χ2v) is 5.14. The first-order valence-electron chi connectivity index (χ1n) is 7.10. The van der Waals surface area contributed by atoms with Gasteiger partial charge in [-0.15, -0.1) is 0 Å². The van der Waals surface area contributed by atoms with Gasteiger partial charge in [0.15, 0.2) is 0 Å². The molecule has 1 aromatic heterocycles. The summed E-state index contributed by atoms with van der Waals surface area (Å²) in [6.07, 6.45) is 3.36. The van der Waals surface area contributed by atoms with Crippen LogP contribution in [0.4, 0.5) is 5.82 Å². The first-order chi connectivity index (χ1) is 9.11. The molecule has 4 nitrogen and oxygen atoms in total. The Morgan fingerprint density at radius 3 is 2.74 bits per heavy atom. The van der Waals surface area contributed by atoms with Gasteiger partial charge in [-0.2, -0.15) is 0 Å². The van der Waals surface area contributed by atoms with E-state index in [-0.39, 0.29) is 0 Å². The number of pyridine rings is 1. The second-order valence-electron chi connectivity index (χ2n) is 5.14. The molecule has 1 rings (SSSR count). The molecule has 0 fully saturated rings. The van der Waals surface area contributed by atoms with E-state index in [0.717, 1.165) is 38.5 Å². The van der Waals surface area contributed by atoms with Gasteiger partial charge in [0.1, 0.15) is 5.82 Å². The highest BCUT2D eigenvalue weighted by atomic mass is 16.5. The first kappa shape index (κ1) is 15.9. The van der Waals surface area contributed by atoms with E-state index in [9.17, 15) is 0 Å². The van der Waals surface area contributed by atoms with Crippen LogP contribution >= 0.6 is 0 Å². The smallest absolute Gasteiger partial charge is 0.125 e. The van der Waals surface area contributed by atoms with Crippen LogP contribution in [0, 0.1) is 0 Å². The Kier molecular flexibility index (Phi) is 7.45. The number of ether oxygens (including phenoxy) is 1. The van der Waals surface area contributed by atoms with E-state index in [1.807, 2.05) is 12.3 Å². The summed E-state index contributed by atoms with van der Waals surface area (Å²) in [4.78, 5) is 6.66. The van der Waals surface area contributed by atoms with E-state index in [0.29, 0.717) is 6.10 Å².